The Morgan fingerprint density at radius 3 is 2.71 bits per heavy atom. The van der Waals surface area contributed by atoms with Crippen molar-refractivity contribution in [3.8, 4) is 11.3 Å². The Labute approximate surface area is 193 Å². The van der Waals surface area contributed by atoms with Crippen molar-refractivity contribution in [2.24, 2.45) is 0 Å². The topological polar surface area (TPSA) is 101 Å². The van der Waals surface area contributed by atoms with Crippen LogP contribution in [0.4, 0.5) is 24.9 Å². The van der Waals surface area contributed by atoms with Crippen molar-refractivity contribution in [1.29, 1.82) is 0 Å². The van der Waals surface area contributed by atoms with Crippen molar-refractivity contribution >= 4 is 28.4 Å². The molecule has 1 aliphatic rings. The van der Waals surface area contributed by atoms with Crippen LogP contribution < -0.4 is 10.6 Å². The summed E-state index contributed by atoms with van der Waals surface area (Å²) in [6, 6.07) is 5.55. The van der Waals surface area contributed by atoms with Crippen LogP contribution >= 0.6 is 0 Å². The van der Waals surface area contributed by atoms with Crippen molar-refractivity contribution in [3.63, 3.8) is 0 Å². The van der Waals surface area contributed by atoms with Crippen LogP contribution in [0.5, 0.6) is 0 Å². The predicted molar refractivity (Wildman–Crippen MR) is 122 cm³/mol. The monoisotopic (exact) mass is 474 g/mol. The molecule has 1 saturated heterocycles. The number of pyridine rings is 1. The second-order valence-corrected chi connectivity index (χ2v) is 8.21. The van der Waals surface area contributed by atoms with Crippen LogP contribution in [0.15, 0.2) is 24.4 Å². The van der Waals surface area contributed by atoms with Crippen LogP contribution in [0.25, 0.3) is 27.9 Å². The predicted octanol–water partition coefficient (Wildman–Crippen LogP) is 2.69. The van der Waals surface area contributed by atoms with E-state index >= 15 is 0 Å². The van der Waals surface area contributed by atoms with Gasteiger partial charge in [-0.15, -0.1) is 10.2 Å². The number of alkyl halides is 3. The van der Waals surface area contributed by atoms with E-state index in [0.29, 0.717) is 40.7 Å². The summed E-state index contributed by atoms with van der Waals surface area (Å²) in [6.07, 6.45) is 1.02. The van der Waals surface area contributed by atoms with Gasteiger partial charge < -0.3 is 15.5 Å². The van der Waals surface area contributed by atoms with Crippen LogP contribution in [0, 0.1) is 0 Å². The van der Waals surface area contributed by atoms with Gasteiger partial charge in [0.25, 0.3) is 6.43 Å². The molecule has 4 aromatic heterocycles. The summed E-state index contributed by atoms with van der Waals surface area (Å²) in [5, 5.41) is 18.8. The molecule has 0 aliphatic carbocycles. The maximum absolute atomic E-state index is 12.9. The first kappa shape index (κ1) is 22.3. The fraction of sp³-hybridized carbons (Fsp3) is 0.476. The molecule has 13 heteroatoms. The Morgan fingerprint density at radius 1 is 1.15 bits per heavy atom. The molecule has 0 atom stereocenters. The Bertz CT molecular complexity index is 1280. The number of anilines is 2. The standard InChI is InChI=1S/C21H25F3N10/c1-25-19-18-14(15-2-3-16-20(27-15)34(31-29-16)12-17(23)24)6-10-33(18)30-21(28-19)26-13-4-8-32(9-5-13)11-7-22/h2-3,6,10,13,17H,4-5,7-9,11-12H2,1H3,(H2,25,26,28,30). The highest BCUT2D eigenvalue weighted by Crippen LogP contribution is 2.30. The van der Waals surface area contributed by atoms with Gasteiger partial charge in [0, 0.05) is 44.5 Å². The molecule has 0 spiro atoms. The molecule has 2 N–H and O–H groups in total. The molecular formula is C21H25F3N10. The number of aromatic nitrogens is 7. The third kappa shape index (κ3) is 4.34. The van der Waals surface area contributed by atoms with Gasteiger partial charge in [-0.25, -0.2) is 27.4 Å². The fourth-order valence-corrected chi connectivity index (χ4v) is 4.33. The van der Waals surface area contributed by atoms with Crippen molar-refractivity contribution in [1.82, 2.24) is 39.5 Å². The molecule has 1 aliphatic heterocycles. The van der Waals surface area contributed by atoms with Crippen LogP contribution in [0.2, 0.25) is 0 Å². The Hall–Kier alpha value is -3.48. The van der Waals surface area contributed by atoms with Gasteiger partial charge in [0.05, 0.1) is 5.69 Å². The second kappa shape index (κ2) is 9.41. The number of piperidine rings is 1. The van der Waals surface area contributed by atoms with Crippen molar-refractivity contribution < 1.29 is 13.2 Å². The zero-order chi connectivity index (χ0) is 23.7. The Morgan fingerprint density at radius 2 is 1.97 bits per heavy atom. The molecule has 34 heavy (non-hydrogen) atoms. The lowest BCUT2D eigenvalue weighted by Gasteiger charge is -2.31. The van der Waals surface area contributed by atoms with Gasteiger partial charge in [-0.05, 0) is 31.0 Å². The number of hydrogen-bond donors (Lipinski definition) is 2. The number of hydrogen-bond acceptors (Lipinski definition) is 8. The number of nitrogens with one attached hydrogen (secondary N) is 2. The van der Waals surface area contributed by atoms with Gasteiger partial charge in [-0.3, -0.25) is 0 Å². The van der Waals surface area contributed by atoms with E-state index in [0.717, 1.165) is 36.2 Å². The molecule has 0 radical (unpaired) electrons. The minimum atomic E-state index is -2.56. The first-order valence-electron chi connectivity index (χ1n) is 11.2. The maximum atomic E-state index is 12.9. The average Bonchev–Trinajstić information content (AvgIpc) is 3.43. The van der Waals surface area contributed by atoms with Crippen molar-refractivity contribution in [3.05, 3.63) is 24.4 Å². The lowest BCUT2D eigenvalue weighted by Crippen LogP contribution is -2.40. The van der Waals surface area contributed by atoms with E-state index in [1.807, 2.05) is 12.3 Å². The van der Waals surface area contributed by atoms with E-state index < -0.39 is 13.0 Å². The number of likely N-dealkylation sites (tertiary alicyclic amines) is 1. The summed E-state index contributed by atoms with van der Waals surface area (Å²) in [5.41, 5.74) is 2.78. The molecule has 0 unspecified atom stereocenters. The maximum Gasteiger partial charge on any atom is 0.258 e. The molecule has 0 amide bonds. The fourth-order valence-electron chi connectivity index (χ4n) is 4.33. The van der Waals surface area contributed by atoms with E-state index in [1.54, 1.807) is 23.7 Å². The number of fused-ring (bicyclic) bond motifs is 2. The van der Waals surface area contributed by atoms with Crippen LogP contribution in [-0.2, 0) is 6.54 Å². The number of nitrogens with zero attached hydrogens (tertiary/aromatic N) is 8. The van der Waals surface area contributed by atoms with Crippen LogP contribution in [-0.4, -0.2) is 85.3 Å². The SMILES string of the molecule is CNc1nc(NC2CCN(CCF)CC2)nn2ccc(-c3ccc4nnn(CC(F)F)c4n3)c12. The van der Waals surface area contributed by atoms with E-state index in [2.05, 4.69) is 40.9 Å². The normalized spacial score (nSPS) is 15.6. The number of rotatable bonds is 8. The summed E-state index contributed by atoms with van der Waals surface area (Å²) >= 11 is 0. The molecule has 0 saturated carbocycles. The smallest absolute Gasteiger partial charge is 0.258 e. The van der Waals surface area contributed by atoms with Crippen LogP contribution in [0.1, 0.15) is 12.8 Å². The zero-order valence-corrected chi connectivity index (χ0v) is 18.6. The largest absolute Gasteiger partial charge is 0.371 e. The summed E-state index contributed by atoms with van der Waals surface area (Å²) in [4.78, 5) is 11.3. The number of halogens is 3. The zero-order valence-electron chi connectivity index (χ0n) is 18.6. The van der Waals surface area contributed by atoms with Crippen molar-refractivity contribution in [2.45, 2.75) is 31.9 Å². The molecule has 180 valence electrons. The average molecular weight is 474 g/mol. The molecule has 0 aromatic carbocycles. The highest BCUT2D eigenvalue weighted by Gasteiger charge is 2.21. The highest BCUT2D eigenvalue weighted by atomic mass is 19.3. The van der Waals surface area contributed by atoms with E-state index in [4.69, 9.17) is 0 Å². The molecule has 10 nitrogen and oxygen atoms in total. The molecule has 1 fully saturated rings. The molecule has 0 bridgehead atoms. The minimum Gasteiger partial charge on any atom is -0.371 e. The van der Waals surface area contributed by atoms with E-state index in [1.165, 1.54) is 0 Å². The summed E-state index contributed by atoms with van der Waals surface area (Å²) in [6.45, 7) is 1.25. The van der Waals surface area contributed by atoms with E-state index in [9.17, 15) is 13.2 Å². The van der Waals surface area contributed by atoms with Gasteiger partial charge in [0.2, 0.25) is 5.95 Å². The van der Waals surface area contributed by atoms with Gasteiger partial charge in [-0.1, -0.05) is 5.21 Å². The van der Waals surface area contributed by atoms with Gasteiger partial charge in [0.15, 0.2) is 11.5 Å². The lowest BCUT2D eigenvalue weighted by atomic mass is 10.1. The lowest BCUT2D eigenvalue weighted by molar-refractivity contribution is 0.122. The highest BCUT2D eigenvalue weighted by molar-refractivity contribution is 5.89. The van der Waals surface area contributed by atoms with Crippen molar-refractivity contribution in [2.75, 3.05) is 44.0 Å². The van der Waals surface area contributed by atoms with Gasteiger partial charge in [0.1, 0.15) is 24.3 Å². The summed E-state index contributed by atoms with van der Waals surface area (Å²) < 4.78 is 41.2. The summed E-state index contributed by atoms with van der Waals surface area (Å²) in [5.74, 6) is 1.10. The first-order chi connectivity index (χ1) is 16.6. The summed E-state index contributed by atoms with van der Waals surface area (Å²) in [7, 11) is 1.77. The third-order valence-electron chi connectivity index (χ3n) is 6.02. The van der Waals surface area contributed by atoms with Gasteiger partial charge >= 0.3 is 0 Å². The van der Waals surface area contributed by atoms with Crippen LogP contribution in [0.3, 0.4) is 0 Å². The Kier molecular flexibility index (Phi) is 6.18. The first-order valence-corrected chi connectivity index (χ1v) is 11.2. The molecule has 4 aromatic rings. The van der Waals surface area contributed by atoms with E-state index in [-0.39, 0.29) is 12.7 Å². The molecule has 5 rings (SSSR count). The minimum absolute atomic E-state index is 0.208. The second-order valence-electron chi connectivity index (χ2n) is 8.21. The Balaban J connectivity index is 1.44. The molecule has 5 heterocycles. The quantitative estimate of drug-likeness (QED) is 0.402. The third-order valence-corrected chi connectivity index (χ3v) is 6.02. The van der Waals surface area contributed by atoms with Gasteiger partial charge in [-0.2, -0.15) is 4.98 Å². The molecular weight excluding hydrogens is 449 g/mol.